The minimum atomic E-state index is -1.38. The molecule has 162 valence electrons. The highest BCUT2D eigenvalue weighted by atomic mass is 32.2. The fourth-order valence-corrected chi connectivity index (χ4v) is 2.83. The van der Waals surface area contributed by atoms with Crippen molar-refractivity contribution in [2.24, 2.45) is 11.7 Å². The Bertz CT molecular complexity index is 549. The number of carbonyl (C=O) groups is 4. The lowest BCUT2D eigenvalue weighted by Crippen LogP contribution is -2.59. The zero-order valence-electron chi connectivity index (χ0n) is 16.2. The molecule has 0 saturated heterocycles. The maximum Gasteiger partial charge on any atom is 0.326 e. The second-order valence-electron chi connectivity index (χ2n) is 6.44. The van der Waals surface area contributed by atoms with Crippen LogP contribution in [0, 0.1) is 5.92 Å². The molecule has 7 N–H and O–H groups in total. The first kappa shape index (κ1) is 26.5. The Balaban J connectivity index is 4.92. The molecule has 0 rings (SSSR count). The molecule has 4 atom stereocenters. The Kier molecular flexibility index (Phi) is 12.9. The summed E-state index contributed by atoms with van der Waals surface area (Å²) in [5.41, 5.74) is 5.75. The van der Waals surface area contributed by atoms with E-state index in [-0.39, 0.29) is 5.75 Å². The van der Waals surface area contributed by atoms with Gasteiger partial charge in [-0.3, -0.25) is 14.4 Å². The van der Waals surface area contributed by atoms with Gasteiger partial charge < -0.3 is 31.9 Å². The van der Waals surface area contributed by atoms with E-state index in [9.17, 15) is 24.3 Å². The summed E-state index contributed by atoms with van der Waals surface area (Å²) in [6, 6.07) is -4.41. The van der Waals surface area contributed by atoms with Gasteiger partial charge in [0.15, 0.2) is 0 Å². The Hall–Kier alpha value is -1.50. The van der Waals surface area contributed by atoms with Gasteiger partial charge in [-0.25, -0.2) is 4.79 Å². The van der Waals surface area contributed by atoms with Crippen LogP contribution >= 0.6 is 24.4 Å². The molecule has 0 fully saturated rings. The number of thiol groups is 1. The number of nitrogens with two attached hydrogens (primary N) is 1. The van der Waals surface area contributed by atoms with Crippen molar-refractivity contribution in [1.82, 2.24) is 16.0 Å². The fraction of sp³-hybridized carbons (Fsp3) is 0.750. The van der Waals surface area contributed by atoms with Gasteiger partial charge in [0.05, 0.1) is 12.6 Å². The summed E-state index contributed by atoms with van der Waals surface area (Å²) in [7, 11) is 0. The molecule has 0 aromatic heterocycles. The van der Waals surface area contributed by atoms with Crippen molar-refractivity contribution in [2.75, 3.05) is 24.4 Å². The molecule has 0 bridgehead atoms. The first-order chi connectivity index (χ1) is 13.1. The maximum atomic E-state index is 12.3. The number of hydrogen-bond donors (Lipinski definition) is 7. The summed E-state index contributed by atoms with van der Waals surface area (Å²) < 4.78 is 0. The van der Waals surface area contributed by atoms with Crippen LogP contribution in [0.1, 0.15) is 20.3 Å². The molecule has 0 aromatic carbocycles. The van der Waals surface area contributed by atoms with Gasteiger partial charge in [-0.05, 0) is 24.3 Å². The van der Waals surface area contributed by atoms with Crippen LogP contribution in [0.2, 0.25) is 0 Å². The molecule has 4 unspecified atom stereocenters. The molecule has 28 heavy (non-hydrogen) atoms. The van der Waals surface area contributed by atoms with Gasteiger partial charge in [0, 0.05) is 5.75 Å². The van der Waals surface area contributed by atoms with Crippen LogP contribution in [0.5, 0.6) is 0 Å². The number of carboxylic acid groups (broad SMARTS) is 1. The average Bonchev–Trinajstić information content (AvgIpc) is 2.64. The number of carbonyl (C=O) groups excluding carboxylic acids is 3. The standard InChI is InChI=1S/C16H30N4O6S2/c1-8(2)12(16(25)26)20-14(23)10(6-21)18-15(24)11(7-27)19-13(22)9(17)4-5-28-3/h8-12,21,27H,4-7,17H2,1-3H3,(H,18,24)(H,19,22)(H,20,23)(H,25,26). The van der Waals surface area contributed by atoms with Crippen molar-refractivity contribution < 1.29 is 29.4 Å². The number of thioether (sulfide) groups is 1. The Morgan fingerprint density at radius 3 is 2.00 bits per heavy atom. The molecule has 0 saturated carbocycles. The van der Waals surface area contributed by atoms with Gasteiger partial charge in [0.2, 0.25) is 17.7 Å². The summed E-state index contributed by atoms with van der Waals surface area (Å²) in [6.07, 6.45) is 2.31. The summed E-state index contributed by atoms with van der Waals surface area (Å²) in [5, 5.41) is 25.5. The third kappa shape index (κ3) is 9.13. The molecular formula is C16H30N4O6S2. The van der Waals surface area contributed by atoms with Gasteiger partial charge in [0.1, 0.15) is 18.1 Å². The molecular weight excluding hydrogens is 408 g/mol. The molecule has 0 heterocycles. The number of aliphatic carboxylic acids is 1. The van der Waals surface area contributed by atoms with Crippen LogP contribution < -0.4 is 21.7 Å². The molecule has 0 radical (unpaired) electrons. The minimum absolute atomic E-state index is 0.0592. The topological polar surface area (TPSA) is 171 Å². The van der Waals surface area contributed by atoms with E-state index in [1.807, 2.05) is 6.26 Å². The predicted octanol–water partition coefficient (Wildman–Crippen LogP) is -1.82. The van der Waals surface area contributed by atoms with Crippen LogP contribution in [0.25, 0.3) is 0 Å². The highest BCUT2D eigenvalue weighted by molar-refractivity contribution is 7.98. The minimum Gasteiger partial charge on any atom is -0.480 e. The van der Waals surface area contributed by atoms with Crippen LogP contribution in [0.4, 0.5) is 0 Å². The predicted molar refractivity (Wildman–Crippen MR) is 110 cm³/mol. The largest absolute Gasteiger partial charge is 0.480 e. The second-order valence-corrected chi connectivity index (χ2v) is 7.79. The third-order valence-corrected chi connectivity index (χ3v) is 4.84. The third-order valence-electron chi connectivity index (χ3n) is 3.83. The van der Waals surface area contributed by atoms with E-state index in [0.29, 0.717) is 12.2 Å². The van der Waals surface area contributed by atoms with E-state index in [4.69, 9.17) is 10.8 Å². The number of carboxylic acids is 1. The quantitative estimate of drug-likeness (QED) is 0.165. The number of nitrogens with one attached hydrogen (secondary N) is 3. The van der Waals surface area contributed by atoms with Crippen LogP contribution in [-0.4, -0.2) is 82.4 Å². The first-order valence-electron chi connectivity index (χ1n) is 8.69. The van der Waals surface area contributed by atoms with E-state index >= 15 is 0 Å². The smallest absolute Gasteiger partial charge is 0.326 e. The Morgan fingerprint density at radius 1 is 1.04 bits per heavy atom. The number of hydrogen-bond acceptors (Lipinski definition) is 8. The van der Waals surface area contributed by atoms with Gasteiger partial charge in [-0.15, -0.1) is 0 Å². The number of aliphatic hydroxyl groups is 1. The van der Waals surface area contributed by atoms with E-state index in [0.717, 1.165) is 0 Å². The second kappa shape index (κ2) is 13.6. The van der Waals surface area contributed by atoms with Crippen molar-refractivity contribution in [3.8, 4) is 0 Å². The van der Waals surface area contributed by atoms with Crippen molar-refractivity contribution in [2.45, 2.75) is 44.4 Å². The Labute approximate surface area is 174 Å². The Morgan fingerprint density at radius 2 is 1.57 bits per heavy atom. The lowest BCUT2D eigenvalue weighted by molar-refractivity contribution is -0.143. The van der Waals surface area contributed by atoms with Crippen LogP contribution in [0.3, 0.4) is 0 Å². The van der Waals surface area contributed by atoms with Gasteiger partial charge in [0.25, 0.3) is 0 Å². The zero-order valence-corrected chi connectivity index (χ0v) is 17.9. The van der Waals surface area contributed by atoms with Crippen molar-refractivity contribution in [3.05, 3.63) is 0 Å². The highest BCUT2D eigenvalue weighted by Gasteiger charge is 2.30. The van der Waals surface area contributed by atoms with Crippen LogP contribution in [0.15, 0.2) is 0 Å². The molecule has 10 nitrogen and oxygen atoms in total. The number of amides is 3. The first-order valence-corrected chi connectivity index (χ1v) is 10.7. The fourth-order valence-electron chi connectivity index (χ4n) is 2.08. The number of aliphatic hydroxyl groups excluding tert-OH is 1. The maximum absolute atomic E-state index is 12.3. The zero-order chi connectivity index (χ0) is 21.9. The molecule has 3 amide bonds. The summed E-state index contributed by atoms with van der Waals surface area (Å²) >= 11 is 5.55. The van der Waals surface area contributed by atoms with Crippen LogP contribution in [-0.2, 0) is 19.2 Å². The van der Waals surface area contributed by atoms with E-state index < -0.39 is 60.4 Å². The van der Waals surface area contributed by atoms with Gasteiger partial charge in [-0.2, -0.15) is 24.4 Å². The summed E-state index contributed by atoms with van der Waals surface area (Å²) in [6.45, 7) is 2.47. The lowest BCUT2D eigenvalue weighted by atomic mass is 10.0. The molecule has 0 spiro atoms. The molecule has 0 aliphatic heterocycles. The van der Waals surface area contributed by atoms with Gasteiger partial charge >= 0.3 is 5.97 Å². The normalized spacial score (nSPS) is 15.2. The summed E-state index contributed by atoms with van der Waals surface area (Å²) in [4.78, 5) is 47.8. The SMILES string of the molecule is CSCCC(N)C(=O)NC(CS)C(=O)NC(CO)C(=O)NC(C(=O)O)C(C)C. The number of rotatable bonds is 13. The van der Waals surface area contributed by atoms with Crippen molar-refractivity contribution >= 4 is 48.1 Å². The van der Waals surface area contributed by atoms with E-state index in [1.165, 1.54) is 11.8 Å². The molecule has 12 heteroatoms. The van der Waals surface area contributed by atoms with E-state index in [2.05, 4.69) is 28.6 Å². The van der Waals surface area contributed by atoms with Crippen molar-refractivity contribution in [3.63, 3.8) is 0 Å². The van der Waals surface area contributed by atoms with E-state index in [1.54, 1.807) is 13.8 Å². The van der Waals surface area contributed by atoms with Gasteiger partial charge in [-0.1, -0.05) is 13.8 Å². The summed E-state index contributed by atoms with van der Waals surface area (Å²) in [5.74, 6) is -3.13. The monoisotopic (exact) mass is 438 g/mol. The highest BCUT2D eigenvalue weighted by Crippen LogP contribution is 2.03. The molecule has 0 aromatic rings. The van der Waals surface area contributed by atoms with Crippen molar-refractivity contribution in [1.29, 1.82) is 0 Å². The lowest BCUT2D eigenvalue weighted by Gasteiger charge is -2.24. The molecule has 0 aliphatic rings. The molecule has 0 aliphatic carbocycles. The average molecular weight is 439 g/mol.